The molecule has 0 bridgehead atoms. The zero-order valence-electron chi connectivity index (χ0n) is 24.7. The number of halogens is 1. The van der Waals surface area contributed by atoms with Gasteiger partial charge in [-0.25, -0.2) is 0 Å². The predicted octanol–water partition coefficient (Wildman–Crippen LogP) is 6.56. The molecule has 4 aromatic rings. The zero-order chi connectivity index (χ0) is 29.1. The van der Waals surface area contributed by atoms with Crippen molar-refractivity contribution >= 4 is 59.0 Å². The summed E-state index contributed by atoms with van der Waals surface area (Å²) in [4.78, 5) is 1.02. The molecule has 3 aliphatic rings. The quantitative estimate of drug-likeness (QED) is 0.253. The van der Waals surface area contributed by atoms with E-state index in [1.165, 1.54) is 11.3 Å². The first kappa shape index (κ1) is 27.6. The van der Waals surface area contributed by atoms with E-state index in [9.17, 15) is 0 Å². The number of thiophene rings is 1. The third-order valence-electron chi connectivity index (χ3n) is 9.51. The third kappa shape index (κ3) is 4.23. The molecule has 0 radical (unpaired) electrons. The van der Waals surface area contributed by atoms with Crippen LogP contribution in [0.15, 0.2) is 54.6 Å². The van der Waals surface area contributed by atoms with Gasteiger partial charge >= 0.3 is 14.2 Å². The summed E-state index contributed by atoms with van der Waals surface area (Å²) in [5, 5.41) is 1.09. The van der Waals surface area contributed by atoms with E-state index in [1.54, 1.807) is 0 Å². The Kier molecular flexibility index (Phi) is 5.97. The molecule has 10 heteroatoms. The highest BCUT2D eigenvalue weighted by atomic mass is 35.5. The van der Waals surface area contributed by atoms with Crippen LogP contribution in [0, 0.1) is 0 Å². The van der Waals surface area contributed by atoms with Gasteiger partial charge in [-0.3, -0.25) is 4.57 Å². The van der Waals surface area contributed by atoms with Gasteiger partial charge in [0, 0.05) is 10.9 Å². The number of rotatable bonds is 3. The largest absolute Gasteiger partial charge is 0.494 e. The summed E-state index contributed by atoms with van der Waals surface area (Å²) >= 11 is 7.92. The minimum atomic E-state index is -0.473. The Morgan fingerprint density at radius 3 is 1.83 bits per heavy atom. The highest BCUT2D eigenvalue weighted by Gasteiger charge is 2.53. The van der Waals surface area contributed by atoms with Crippen LogP contribution < -0.4 is 15.7 Å². The zero-order valence-corrected chi connectivity index (χ0v) is 26.3. The minimum absolute atomic E-state index is 0.372. The van der Waals surface area contributed by atoms with Crippen molar-refractivity contribution in [2.24, 2.45) is 0 Å². The lowest BCUT2D eigenvalue weighted by Crippen LogP contribution is -2.41. The summed E-state index contributed by atoms with van der Waals surface area (Å²) in [6, 6.07) is 18.8. The summed E-state index contributed by atoms with van der Waals surface area (Å²) < 4.78 is 35.1. The molecular formula is C31H34B2ClNO5S. The van der Waals surface area contributed by atoms with Crippen molar-refractivity contribution < 1.29 is 23.4 Å². The number of nitrogens with zero attached hydrogens (tertiary/aromatic N) is 1. The van der Waals surface area contributed by atoms with Crippen LogP contribution in [0.5, 0.6) is 5.75 Å². The molecule has 2 saturated heterocycles. The van der Waals surface area contributed by atoms with Crippen LogP contribution >= 0.6 is 22.9 Å². The molecule has 0 aliphatic carbocycles. The average molecular weight is 590 g/mol. The lowest BCUT2D eigenvalue weighted by molar-refractivity contribution is 0.00578. The van der Waals surface area contributed by atoms with Crippen molar-refractivity contribution in [3.8, 4) is 17.0 Å². The molecule has 3 aliphatic heterocycles. The first-order valence-corrected chi connectivity index (χ1v) is 15.3. The van der Waals surface area contributed by atoms with Crippen LogP contribution in [-0.2, 0) is 18.6 Å². The van der Waals surface area contributed by atoms with Gasteiger partial charge in [-0.1, -0.05) is 29.8 Å². The van der Waals surface area contributed by atoms with E-state index < -0.39 is 36.6 Å². The second-order valence-electron chi connectivity index (χ2n) is 13.3. The number of fused-ring (bicyclic) bond motifs is 5. The Hall–Kier alpha value is -2.26. The smallest absolute Gasteiger partial charge is 0.464 e. The highest BCUT2D eigenvalue weighted by Crippen LogP contribution is 2.46. The van der Waals surface area contributed by atoms with Crippen LogP contribution in [0.25, 0.3) is 22.2 Å². The number of benzene rings is 2. The average Bonchev–Trinajstić information content (AvgIpc) is 3.59. The number of hydrogen-bond donors (Lipinski definition) is 0. The summed E-state index contributed by atoms with van der Waals surface area (Å²) in [7, 11) is -0.905. The lowest BCUT2D eigenvalue weighted by Gasteiger charge is -2.32. The fraction of sp³-hybridized carbons (Fsp3) is 0.419. The van der Waals surface area contributed by atoms with E-state index in [0.717, 1.165) is 48.0 Å². The molecule has 212 valence electrons. The normalized spacial score (nSPS) is 23.5. The Morgan fingerprint density at radius 2 is 1.27 bits per heavy atom. The molecule has 1 atom stereocenters. The molecule has 0 saturated carbocycles. The van der Waals surface area contributed by atoms with E-state index in [2.05, 4.69) is 102 Å². The van der Waals surface area contributed by atoms with Crippen LogP contribution in [0.1, 0.15) is 66.5 Å². The molecule has 2 aromatic carbocycles. The van der Waals surface area contributed by atoms with E-state index in [1.807, 2.05) is 12.1 Å². The summed E-state index contributed by atoms with van der Waals surface area (Å²) in [6.45, 7) is 16.6. The van der Waals surface area contributed by atoms with Gasteiger partial charge in [0.15, 0.2) is 0 Å². The molecule has 5 heterocycles. The fourth-order valence-corrected chi connectivity index (χ4v) is 6.72. The van der Waals surface area contributed by atoms with Crippen LogP contribution in [0.2, 0.25) is 4.34 Å². The fourth-order valence-electron chi connectivity index (χ4n) is 5.63. The van der Waals surface area contributed by atoms with Gasteiger partial charge in [0.2, 0.25) is 6.23 Å². The molecule has 0 N–H and O–H groups in total. The third-order valence-corrected chi connectivity index (χ3v) is 10.8. The molecule has 1 unspecified atom stereocenters. The number of aromatic nitrogens is 1. The molecule has 7 rings (SSSR count). The van der Waals surface area contributed by atoms with Crippen molar-refractivity contribution in [1.82, 2.24) is 4.57 Å². The van der Waals surface area contributed by atoms with Gasteiger partial charge in [0.1, 0.15) is 5.75 Å². The first-order chi connectivity index (χ1) is 19.2. The highest BCUT2D eigenvalue weighted by molar-refractivity contribution is 7.16. The maximum absolute atomic E-state index is 6.77. The molecule has 6 nitrogen and oxygen atoms in total. The Labute approximate surface area is 251 Å². The van der Waals surface area contributed by atoms with Crippen molar-refractivity contribution in [2.75, 3.05) is 0 Å². The monoisotopic (exact) mass is 589 g/mol. The second kappa shape index (κ2) is 8.88. The van der Waals surface area contributed by atoms with E-state index >= 15 is 0 Å². The van der Waals surface area contributed by atoms with Crippen molar-refractivity contribution in [3.63, 3.8) is 0 Å². The van der Waals surface area contributed by atoms with E-state index in [4.69, 9.17) is 35.0 Å². The summed E-state index contributed by atoms with van der Waals surface area (Å²) in [5.41, 5.74) is 3.41. The van der Waals surface area contributed by atoms with Crippen LogP contribution in [0.3, 0.4) is 0 Å². The van der Waals surface area contributed by atoms with Gasteiger partial charge in [0.05, 0.1) is 42.8 Å². The number of ether oxygens (including phenoxy) is 1. The topological polar surface area (TPSA) is 51.1 Å². The maximum Gasteiger partial charge on any atom is 0.494 e. The molecule has 0 amide bonds. The molecule has 2 fully saturated rings. The second-order valence-corrected chi connectivity index (χ2v) is 15.0. The molecule has 2 aromatic heterocycles. The Balaban J connectivity index is 1.33. The first-order valence-electron chi connectivity index (χ1n) is 14.1. The van der Waals surface area contributed by atoms with Crippen molar-refractivity contribution in [3.05, 3.63) is 63.8 Å². The summed E-state index contributed by atoms with van der Waals surface area (Å²) in [5.74, 6) is 0.785. The summed E-state index contributed by atoms with van der Waals surface area (Å²) in [6.07, 6.45) is -0.372. The molecule has 0 spiro atoms. The minimum Gasteiger partial charge on any atom is -0.464 e. The molecular weight excluding hydrogens is 555 g/mol. The maximum atomic E-state index is 6.77. The van der Waals surface area contributed by atoms with E-state index in [0.29, 0.717) is 0 Å². The number of hydrogen-bond acceptors (Lipinski definition) is 6. The van der Waals surface area contributed by atoms with Gasteiger partial charge in [-0.05, 0) is 103 Å². The SMILES string of the molecule is CC1(C)OB(c2ccc3c(c2)OC(c2ccc(Cl)s2)n2c-3cc3cc(B4OC(C)(C)C(C)(C)O4)ccc32)OC1(C)C. The van der Waals surface area contributed by atoms with Gasteiger partial charge in [0.25, 0.3) is 0 Å². The Bertz CT molecular complexity index is 1660. The lowest BCUT2D eigenvalue weighted by atomic mass is 9.78. The molecule has 41 heavy (non-hydrogen) atoms. The van der Waals surface area contributed by atoms with Gasteiger partial charge < -0.3 is 23.4 Å². The standard InChI is InChI=1S/C31H34B2ClNO5S/c1-28(2)29(3,4)38-32(37-28)19-10-12-22-18(15-19)16-23-21-11-9-20(33-39-30(5,6)31(7,8)40-33)17-24(21)36-27(35(22)23)25-13-14-26(34)41-25/h9-17,27H,1-8H3. The predicted molar refractivity (Wildman–Crippen MR) is 167 cm³/mol. The van der Waals surface area contributed by atoms with Crippen LogP contribution in [0.4, 0.5) is 0 Å². The van der Waals surface area contributed by atoms with Gasteiger partial charge in [-0.15, -0.1) is 11.3 Å². The Morgan fingerprint density at radius 1 is 0.707 bits per heavy atom. The van der Waals surface area contributed by atoms with Crippen LogP contribution in [-0.4, -0.2) is 41.2 Å². The van der Waals surface area contributed by atoms with Gasteiger partial charge in [-0.2, -0.15) is 0 Å². The van der Waals surface area contributed by atoms with E-state index in [-0.39, 0.29) is 6.23 Å². The van der Waals surface area contributed by atoms with Crippen molar-refractivity contribution in [2.45, 2.75) is 84.0 Å². The van der Waals surface area contributed by atoms with Crippen molar-refractivity contribution in [1.29, 1.82) is 0 Å².